The highest BCUT2D eigenvalue weighted by Gasteiger charge is 2.11. The molecule has 0 spiro atoms. The summed E-state index contributed by atoms with van der Waals surface area (Å²) in [6.45, 7) is 1.82. The lowest BCUT2D eigenvalue weighted by Crippen LogP contribution is -2.15. The molecule has 0 bridgehead atoms. The molecule has 0 aliphatic carbocycles. The minimum atomic E-state index is -0.355. The summed E-state index contributed by atoms with van der Waals surface area (Å²) < 4.78 is 18.7. The van der Waals surface area contributed by atoms with Crippen molar-refractivity contribution >= 4 is 35.0 Å². The van der Waals surface area contributed by atoms with Crippen molar-refractivity contribution in [2.45, 2.75) is 11.9 Å². The van der Waals surface area contributed by atoms with Crippen LogP contribution < -0.4 is 10.1 Å². The maximum absolute atomic E-state index is 13.5. The lowest BCUT2D eigenvalue weighted by Gasteiger charge is -2.10. The number of nitrogens with zero attached hydrogens (tertiary/aromatic N) is 2. The van der Waals surface area contributed by atoms with Gasteiger partial charge < -0.3 is 10.1 Å². The number of aromatic nitrogens is 2. The molecule has 0 radical (unpaired) electrons. The van der Waals surface area contributed by atoms with Gasteiger partial charge in [0.1, 0.15) is 16.6 Å². The Bertz CT molecular complexity index is 1020. The van der Waals surface area contributed by atoms with Crippen LogP contribution in [0.5, 0.6) is 5.75 Å². The predicted molar refractivity (Wildman–Crippen MR) is 110 cm³/mol. The predicted octanol–water partition coefficient (Wildman–Crippen LogP) is 4.98. The Morgan fingerprint density at radius 3 is 2.79 bits per heavy atom. The highest BCUT2D eigenvalue weighted by atomic mass is 35.5. The van der Waals surface area contributed by atoms with Crippen molar-refractivity contribution in [3.63, 3.8) is 0 Å². The van der Waals surface area contributed by atoms with Crippen molar-refractivity contribution in [2.24, 2.45) is 0 Å². The topological polar surface area (TPSA) is 64.1 Å². The number of anilines is 1. The molecule has 1 heterocycles. The SMILES string of the molecule is COc1ccc(Cl)cc1NC(=O)CSc1cc(C)nc(-c2cccc(F)c2)n1. The summed E-state index contributed by atoms with van der Waals surface area (Å²) in [6.07, 6.45) is 0. The number of carbonyl (C=O) groups is 1. The lowest BCUT2D eigenvalue weighted by molar-refractivity contribution is -0.113. The normalized spacial score (nSPS) is 10.6. The summed E-state index contributed by atoms with van der Waals surface area (Å²) in [7, 11) is 1.52. The average Bonchev–Trinajstić information content (AvgIpc) is 2.66. The summed E-state index contributed by atoms with van der Waals surface area (Å²) in [5, 5.41) is 3.90. The highest BCUT2D eigenvalue weighted by Crippen LogP contribution is 2.28. The lowest BCUT2D eigenvalue weighted by atomic mass is 10.2. The van der Waals surface area contributed by atoms with Crippen LogP contribution in [0.1, 0.15) is 5.69 Å². The fourth-order valence-electron chi connectivity index (χ4n) is 2.47. The number of amides is 1. The quantitative estimate of drug-likeness (QED) is 0.452. The molecular weight excluding hydrogens is 401 g/mol. The third-order valence-electron chi connectivity index (χ3n) is 3.70. The van der Waals surface area contributed by atoms with Crippen LogP contribution in [0.25, 0.3) is 11.4 Å². The van der Waals surface area contributed by atoms with Crippen LogP contribution in [0.4, 0.5) is 10.1 Å². The zero-order valence-electron chi connectivity index (χ0n) is 15.2. The summed E-state index contributed by atoms with van der Waals surface area (Å²) >= 11 is 7.24. The van der Waals surface area contributed by atoms with E-state index in [1.165, 1.54) is 31.0 Å². The van der Waals surface area contributed by atoms with Crippen molar-refractivity contribution in [3.8, 4) is 17.1 Å². The molecule has 28 heavy (non-hydrogen) atoms. The molecule has 3 aromatic rings. The molecule has 0 unspecified atom stereocenters. The molecule has 8 heteroatoms. The van der Waals surface area contributed by atoms with Crippen molar-refractivity contribution in [2.75, 3.05) is 18.2 Å². The monoisotopic (exact) mass is 417 g/mol. The molecule has 0 aliphatic heterocycles. The van der Waals surface area contributed by atoms with Gasteiger partial charge in [0.2, 0.25) is 5.91 Å². The maximum atomic E-state index is 13.5. The number of ether oxygens (including phenoxy) is 1. The number of hydrogen-bond acceptors (Lipinski definition) is 5. The Labute approximate surface area is 171 Å². The first-order valence-corrected chi connectivity index (χ1v) is 9.69. The van der Waals surface area contributed by atoms with Crippen LogP contribution in [0.3, 0.4) is 0 Å². The van der Waals surface area contributed by atoms with Crippen LogP contribution in [0, 0.1) is 12.7 Å². The highest BCUT2D eigenvalue weighted by molar-refractivity contribution is 7.99. The van der Waals surface area contributed by atoms with E-state index in [1.54, 1.807) is 36.4 Å². The second-order valence-corrected chi connectivity index (χ2v) is 7.30. The van der Waals surface area contributed by atoms with Gasteiger partial charge in [-0.05, 0) is 43.3 Å². The number of halogens is 2. The van der Waals surface area contributed by atoms with Crippen molar-refractivity contribution < 1.29 is 13.9 Å². The van der Waals surface area contributed by atoms with Gasteiger partial charge in [-0.2, -0.15) is 0 Å². The number of aryl methyl sites for hydroxylation is 1. The molecule has 3 rings (SSSR count). The molecule has 5 nitrogen and oxygen atoms in total. The van der Waals surface area contributed by atoms with Crippen molar-refractivity contribution in [1.82, 2.24) is 9.97 Å². The molecule has 0 atom stereocenters. The van der Waals surface area contributed by atoms with Crippen LogP contribution in [-0.2, 0) is 4.79 Å². The Morgan fingerprint density at radius 2 is 2.04 bits per heavy atom. The summed E-state index contributed by atoms with van der Waals surface area (Å²) in [6, 6.07) is 12.9. The fourth-order valence-corrected chi connectivity index (χ4v) is 3.40. The molecule has 1 aromatic heterocycles. The van der Waals surface area contributed by atoms with Gasteiger partial charge in [0.25, 0.3) is 0 Å². The molecule has 0 fully saturated rings. The van der Waals surface area contributed by atoms with E-state index in [2.05, 4.69) is 15.3 Å². The first-order chi connectivity index (χ1) is 13.4. The van der Waals surface area contributed by atoms with Gasteiger partial charge >= 0.3 is 0 Å². The summed E-state index contributed by atoms with van der Waals surface area (Å²) in [5.74, 6) is 0.489. The number of nitrogens with one attached hydrogen (secondary N) is 1. The van der Waals surface area contributed by atoms with Gasteiger partial charge in [-0.15, -0.1) is 0 Å². The van der Waals surface area contributed by atoms with Crippen LogP contribution >= 0.6 is 23.4 Å². The number of methoxy groups -OCH3 is 1. The molecular formula is C20H17ClFN3O2S. The van der Waals surface area contributed by atoms with E-state index in [0.717, 1.165) is 5.69 Å². The Morgan fingerprint density at radius 1 is 1.21 bits per heavy atom. The number of benzene rings is 2. The minimum absolute atomic E-state index is 0.134. The average molecular weight is 418 g/mol. The molecule has 2 aromatic carbocycles. The van der Waals surface area contributed by atoms with E-state index in [0.29, 0.717) is 32.9 Å². The van der Waals surface area contributed by atoms with Gasteiger partial charge in [-0.1, -0.05) is 35.5 Å². The number of rotatable bonds is 6. The van der Waals surface area contributed by atoms with Gasteiger partial charge in [0.05, 0.1) is 18.6 Å². The second kappa shape index (κ2) is 9.03. The van der Waals surface area contributed by atoms with E-state index in [1.807, 2.05) is 6.92 Å². The molecule has 0 aliphatic rings. The third kappa shape index (κ3) is 5.21. The standard InChI is InChI=1S/C20H17ClFN3O2S/c1-12-8-19(25-20(23-12)13-4-3-5-15(22)9-13)28-11-18(26)24-16-10-14(21)6-7-17(16)27-2/h3-10H,11H2,1-2H3,(H,24,26). The van der Waals surface area contributed by atoms with Crippen LogP contribution in [-0.4, -0.2) is 28.7 Å². The Balaban J connectivity index is 1.71. The molecule has 144 valence electrons. The molecule has 1 N–H and O–H groups in total. The first kappa shape index (κ1) is 20.1. The van der Waals surface area contributed by atoms with Crippen molar-refractivity contribution in [3.05, 3.63) is 65.1 Å². The van der Waals surface area contributed by atoms with E-state index < -0.39 is 0 Å². The maximum Gasteiger partial charge on any atom is 0.234 e. The van der Waals surface area contributed by atoms with E-state index >= 15 is 0 Å². The van der Waals surface area contributed by atoms with Gasteiger partial charge in [-0.3, -0.25) is 4.79 Å². The van der Waals surface area contributed by atoms with E-state index in [-0.39, 0.29) is 17.5 Å². The largest absolute Gasteiger partial charge is 0.495 e. The number of carbonyl (C=O) groups excluding carboxylic acids is 1. The zero-order chi connectivity index (χ0) is 20.1. The van der Waals surface area contributed by atoms with Gasteiger partial charge in [0.15, 0.2) is 5.82 Å². The Kier molecular flexibility index (Phi) is 6.49. The summed E-state index contributed by atoms with van der Waals surface area (Å²) in [4.78, 5) is 21.1. The minimum Gasteiger partial charge on any atom is -0.495 e. The summed E-state index contributed by atoms with van der Waals surface area (Å²) in [5.41, 5.74) is 1.81. The fraction of sp³-hybridized carbons (Fsp3) is 0.150. The smallest absolute Gasteiger partial charge is 0.234 e. The first-order valence-electron chi connectivity index (χ1n) is 8.32. The number of thioether (sulfide) groups is 1. The van der Waals surface area contributed by atoms with Crippen molar-refractivity contribution in [1.29, 1.82) is 0 Å². The number of hydrogen-bond donors (Lipinski definition) is 1. The Hall–Kier alpha value is -2.64. The molecule has 0 saturated heterocycles. The molecule has 1 amide bonds. The van der Waals surface area contributed by atoms with E-state index in [4.69, 9.17) is 16.3 Å². The van der Waals surface area contributed by atoms with Crippen LogP contribution in [0.2, 0.25) is 5.02 Å². The zero-order valence-corrected chi connectivity index (χ0v) is 16.8. The third-order valence-corrected chi connectivity index (χ3v) is 4.85. The van der Waals surface area contributed by atoms with E-state index in [9.17, 15) is 9.18 Å². The van der Waals surface area contributed by atoms with Gasteiger partial charge in [0, 0.05) is 16.3 Å². The van der Waals surface area contributed by atoms with Crippen LogP contribution in [0.15, 0.2) is 53.6 Å². The molecule has 0 saturated carbocycles. The van der Waals surface area contributed by atoms with Gasteiger partial charge in [-0.25, -0.2) is 14.4 Å². The second-order valence-electron chi connectivity index (χ2n) is 5.86.